The second-order valence-corrected chi connectivity index (χ2v) is 18.2. The van der Waals surface area contributed by atoms with Crippen LogP contribution >= 0.6 is 0 Å². The van der Waals surface area contributed by atoms with Crippen LogP contribution in [0.25, 0.3) is 0 Å². The summed E-state index contributed by atoms with van der Waals surface area (Å²) in [6.07, 6.45) is 38.5. The van der Waals surface area contributed by atoms with Crippen LogP contribution in [0, 0.1) is 0 Å². The standard InChI is InChI=1S/C47H94N4O6S/c1-5-8-11-14-16-25-34-43-56-46(52)38-28-21-17-23-31-40-51(42-33-30-37-45(49-4)50-58(48,54)55)41-32-24-18-22-29-39-47(53)57-44(35-26-19-13-10-7-3)36-27-20-15-12-9-6-2/h44H,5-43H2,1-4H3,(H,49,50)(H2,48,54,55). The number of esters is 2. The number of hydrogen-bond acceptors (Lipinski definition) is 8. The molecule has 0 aliphatic rings. The van der Waals surface area contributed by atoms with Crippen LogP contribution in [-0.2, 0) is 29.3 Å². The molecular formula is C47H94N4O6S. The van der Waals surface area contributed by atoms with Crippen molar-refractivity contribution in [3.8, 4) is 0 Å². The Morgan fingerprint density at radius 3 is 1.38 bits per heavy atom. The molecule has 0 aliphatic heterocycles. The third kappa shape index (κ3) is 41.0. The van der Waals surface area contributed by atoms with E-state index >= 15 is 0 Å². The van der Waals surface area contributed by atoms with Crippen LogP contribution < -0.4 is 9.86 Å². The normalized spacial score (nSPS) is 12.6. The summed E-state index contributed by atoms with van der Waals surface area (Å²) in [5.41, 5.74) is 0. The molecule has 10 nitrogen and oxygen atoms in total. The lowest BCUT2D eigenvalue weighted by atomic mass is 10.0. The lowest BCUT2D eigenvalue weighted by Crippen LogP contribution is -2.36. The van der Waals surface area contributed by atoms with Gasteiger partial charge in [-0.2, -0.15) is 8.42 Å². The predicted molar refractivity (Wildman–Crippen MR) is 245 cm³/mol. The molecule has 344 valence electrons. The highest BCUT2D eigenvalue weighted by Gasteiger charge is 2.15. The quantitative estimate of drug-likeness (QED) is 0.0269. The zero-order valence-electron chi connectivity index (χ0n) is 38.5. The van der Waals surface area contributed by atoms with Crippen molar-refractivity contribution in [3.05, 3.63) is 0 Å². The topological polar surface area (TPSA) is 140 Å². The maximum Gasteiger partial charge on any atom is 0.306 e. The van der Waals surface area contributed by atoms with Crippen molar-refractivity contribution in [2.24, 2.45) is 10.1 Å². The monoisotopic (exact) mass is 843 g/mol. The fraction of sp³-hybridized carbons (Fsp3) is 0.936. The first-order valence-electron chi connectivity index (χ1n) is 24.5. The third-order valence-electron chi connectivity index (χ3n) is 11.2. The Morgan fingerprint density at radius 1 is 0.534 bits per heavy atom. The van der Waals surface area contributed by atoms with Crippen molar-refractivity contribution in [2.75, 3.05) is 33.3 Å². The first kappa shape index (κ1) is 56.3. The second-order valence-electron chi connectivity index (χ2n) is 16.9. The lowest BCUT2D eigenvalue weighted by molar-refractivity contribution is -0.150. The number of unbranched alkanes of at least 4 members (excludes halogenated alkanes) is 24. The fourth-order valence-electron chi connectivity index (χ4n) is 7.56. The third-order valence-corrected chi connectivity index (χ3v) is 11.7. The number of nitrogens with one attached hydrogen (secondary N) is 1. The van der Waals surface area contributed by atoms with Crippen molar-refractivity contribution >= 4 is 28.0 Å². The van der Waals surface area contributed by atoms with E-state index in [0.717, 1.165) is 135 Å². The first-order chi connectivity index (χ1) is 28.1. The van der Waals surface area contributed by atoms with E-state index < -0.39 is 10.2 Å². The molecule has 0 heterocycles. The van der Waals surface area contributed by atoms with Crippen LogP contribution in [0.15, 0.2) is 4.99 Å². The molecule has 3 N–H and O–H groups in total. The number of hydrogen-bond donors (Lipinski definition) is 2. The van der Waals surface area contributed by atoms with Gasteiger partial charge in [0.15, 0.2) is 0 Å². The maximum absolute atomic E-state index is 12.8. The minimum atomic E-state index is -3.81. The number of rotatable bonds is 44. The van der Waals surface area contributed by atoms with Crippen LogP contribution in [0.5, 0.6) is 0 Å². The smallest absolute Gasteiger partial charge is 0.306 e. The molecule has 0 fully saturated rings. The Bertz CT molecular complexity index is 1070. The Hall–Kier alpha value is -1.72. The Kier molecular flexibility index (Phi) is 40.7. The Balaban J connectivity index is 4.51. The molecule has 0 saturated carbocycles. The van der Waals surface area contributed by atoms with Gasteiger partial charge in [-0.25, -0.2) is 5.14 Å². The number of amidine groups is 1. The van der Waals surface area contributed by atoms with Crippen LogP contribution in [0.3, 0.4) is 0 Å². The largest absolute Gasteiger partial charge is 0.466 e. The van der Waals surface area contributed by atoms with Crippen LogP contribution in [0.2, 0.25) is 0 Å². The van der Waals surface area contributed by atoms with Crippen LogP contribution in [-0.4, -0.2) is 70.5 Å². The highest BCUT2D eigenvalue weighted by atomic mass is 32.2. The van der Waals surface area contributed by atoms with E-state index in [1.165, 1.54) is 89.9 Å². The van der Waals surface area contributed by atoms with Gasteiger partial charge in [-0.3, -0.25) is 19.3 Å². The van der Waals surface area contributed by atoms with Crippen molar-refractivity contribution < 1.29 is 27.5 Å². The molecule has 0 bridgehead atoms. The molecular weight excluding hydrogens is 749 g/mol. The highest BCUT2D eigenvalue weighted by Crippen LogP contribution is 2.18. The van der Waals surface area contributed by atoms with E-state index in [2.05, 4.69) is 35.4 Å². The van der Waals surface area contributed by atoms with Gasteiger partial charge in [0, 0.05) is 26.3 Å². The molecule has 0 amide bonds. The summed E-state index contributed by atoms with van der Waals surface area (Å²) in [4.78, 5) is 31.5. The van der Waals surface area contributed by atoms with Gasteiger partial charge in [0.2, 0.25) is 0 Å². The van der Waals surface area contributed by atoms with Gasteiger partial charge in [0.25, 0.3) is 10.2 Å². The van der Waals surface area contributed by atoms with E-state index in [0.29, 0.717) is 31.7 Å². The Labute approximate surface area is 359 Å². The second kappa shape index (κ2) is 42.0. The summed E-state index contributed by atoms with van der Waals surface area (Å²) in [6, 6.07) is 0. The summed E-state index contributed by atoms with van der Waals surface area (Å²) >= 11 is 0. The molecule has 1 atom stereocenters. The Morgan fingerprint density at radius 2 is 0.914 bits per heavy atom. The average molecular weight is 843 g/mol. The van der Waals surface area contributed by atoms with Crippen LogP contribution in [0.1, 0.15) is 245 Å². The molecule has 11 heteroatoms. The maximum atomic E-state index is 12.8. The number of nitrogens with zero attached hydrogens (tertiary/aromatic N) is 2. The zero-order chi connectivity index (χ0) is 42.8. The van der Waals surface area contributed by atoms with Gasteiger partial charge >= 0.3 is 11.9 Å². The van der Waals surface area contributed by atoms with E-state index in [9.17, 15) is 18.0 Å². The molecule has 0 rings (SSSR count). The zero-order valence-corrected chi connectivity index (χ0v) is 39.3. The molecule has 1 unspecified atom stereocenters. The molecule has 0 aromatic heterocycles. The minimum absolute atomic E-state index is 0.00927. The van der Waals surface area contributed by atoms with Gasteiger partial charge < -0.3 is 14.4 Å². The average Bonchev–Trinajstić information content (AvgIpc) is 3.19. The van der Waals surface area contributed by atoms with Crippen molar-refractivity contribution in [2.45, 2.75) is 252 Å². The summed E-state index contributed by atoms with van der Waals surface area (Å²) in [5, 5.41) is 5.14. The SMILES string of the molecule is CCCCCCCCCOC(=O)CCCCCCCN(CCCCCCCC(=O)OC(CCCCCCC)CCCCCCCC)CCCCC(=NC)NS(N)(=O)=O. The number of aliphatic imine (C=N–C) groups is 1. The van der Waals surface area contributed by atoms with E-state index in [-0.39, 0.29) is 18.0 Å². The van der Waals surface area contributed by atoms with Crippen molar-refractivity contribution in [3.63, 3.8) is 0 Å². The van der Waals surface area contributed by atoms with Gasteiger partial charge in [0.1, 0.15) is 11.9 Å². The summed E-state index contributed by atoms with van der Waals surface area (Å²) in [6.45, 7) is 10.3. The number of carbonyl (C=O) groups is 2. The first-order valence-corrected chi connectivity index (χ1v) is 26.0. The number of ether oxygens (including phenoxy) is 2. The lowest BCUT2D eigenvalue weighted by Gasteiger charge is -2.22. The predicted octanol–water partition coefficient (Wildman–Crippen LogP) is 12.3. The summed E-state index contributed by atoms with van der Waals surface area (Å²) < 4.78 is 36.7. The number of nitrogens with two attached hydrogens (primary N) is 1. The van der Waals surface area contributed by atoms with Crippen molar-refractivity contribution in [1.29, 1.82) is 0 Å². The van der Waals surface area contributed by atoms with E-state index in [1.807, 2.05) is 0 Å². The molecule has 0 radical (unpaired) electrons. The molecule has 58 heavy (non-hydrogen) atoms. The molecule has 0 spiro atoms. The minimum Gasteiger partial charge on any atom is -0.466 e. The highest BCUT2D eigenvalue weighted by molar-refractivity contribution is 7.87. The van der Waals surface area contributed by atoms with E-state index in [4.69, 9.17) is 14.6 Å². The van der Waals surface area contributed by atoms with Crippen molar-refractivity contribution in [1.82, 2.24) is 9.62 Å². The molecule has 0 saturated heterocycles. The molecule has 0 aromatic carbocycles. The van der Waals surface area contributed by atoms with Gasteiger partial charge in [-0.05, 0) is 90.3 Å². The number of carbonyl (C=O) groups excluding carboxylic acids is 2. The summed E-state index contributed by atoms with van der Waals surface area (Å²) in [7, 11) is -2.24. The van der Waals surface area contributed by atoms with Gasteiger partial charge in [0.05, 0.1) is 6.61 Å². The van der Waals surface area contributed by atoms with E-state index in [1.54, 1.807) is 7.05 Å². The van der Waals surface area contributed by atoms with Gasteiger partial charge in [-0.15, -0.1) is 0 Å². The molecule has 0 aliphatic carbocycles. The van der Waals surface area contributed by atoms with Crippen LogP contribution in [0.4, 0.5) is 0 Å². The fourth-order valence-corrected chi connectivity index (χ4v) is 8.08. The summed E-state index contributed by atoms with van der Waals surface area (Å²) in [5.74, 6) is 0.337. The molecule has 0 aromatic rings. The van der Waals surface area contributed by atoms with Gasteiger partial charge in [-0.1, -0.05) is 156 Å².